The third kappa shape index (κ3) is 37.5. The summed E-state index contributed by atoms with van der Waals surface area (Å²) in [6.07, 6.45) is 8.95. The Bertz CT molecular complexity index is 3900. The predicted molar refractivity (Wildman–Crippen MR) is 442 cm³/mol. The Morgan fingerprint density at radius 1 is 0.315 bits per heavy atom. The lowest BCUT2D eigenvalue weighted by Crippen LogP contribution is -2.14. The zero-order valence-electron chi connectivity index (χ0n) is 70.7. The summed E-state index contributed by atoms with van der Waals surface area (Å²) >= 11 is 17.4. The van der Waals surface area contributed by atoms with Crippen LogP contribution in [0.25, 0.3) is 0 Å². The lowest BCUT2D eigenvalue weighted by atomic mass is 9.88. The van der Waals surface area contributed by atoms with Crippen LogP contribution in [0.1, 0.15) is 254 Å². The van der Waals surface area contributed by atoms with Crippen LogP contribution in [0.5, 0.6) is 23.5 Å². The molecule has 9 aromatic rings. The summed E-state index contributed by atoms with van der Waals surface area (Å²) in [6, 6.07) is 31.4. The zero-order chi connectivity index (χ0) is 83.4. The molecular weight excluding hydrogens is 1430 g/mol. The van der Waals surface area contributed by atoms with Gasteiger partial charge in [-0.1, -0.05) is 252 Å². The van der Waals surface area contributed by atoms with Crippen LogP contribution in [-0.4, -0.2) is 73.3 Å². The summed E-state index contributed by atoms with van der Waals surface area (Å²) in [5.74, 6) is 2.33. The molecule has 0 fully saturated rings. The fourth-order valence-corrected chi connectivity index (χ4v) is 9.44. The molecule has 0 aliphatic heterocycles. The fourth-order valence-electron chi connectivity index (χ4n) is 8.78. The first-order chi connectivity index (χ1) is 49.2. The minimum Gasteiger partial charge on any atom is -0.481 e. The molecule has 0 saturated heterocycles. The molecule has 0 atom stereocenters. The summed E-state index contributed by atoms with van der Waals surface area (Å²) in [4.78, 5) is 36.5. The van der Waals surface area contributed by atoms with E-state index in [1.54, 1.807) is 46.9 Å². The van der Waals surface area contributed by atoms with Crippen molar-refractivity contribution in [2.45, 2.75) is 256 Å². The molecule has 9 heterocycles. The number of halogens is 7. The van der Waals surface area contributed by atoms with Crippen molar-refractivity contribution in [3.63, 3.8) is 0 Å². The SMILES string of the molecule is CC(C)(C)c1cc(Cl)cnc1Cl.CC(C)(C)c1ccc(C(F)(F)F)nc1.CC(C)(C)c1ccc(Cl)nc1.CC(C)(C)c1ccc(F)cn1.COc1ccc(C(C)(C)C)c(OC)n1.COc1ccc(C(C)(C)C)cn1.COc1ncccc1C(C)(C)C.Cc1ccc(C(C)(C)C)nc1.Cc1ccnc(C(C)(C)C)c1. The number of hydrogen-bond donors (Lipinski definition) is 0. The largest absolute Gasteiger partial charge is 0.481 e. The van der Waals surface area contributed by atoms with Crippen LogP contribution in [0.4, 0.5) is 17.6 Å². The van der Waals surface area contributed by atoms with Gasteiger partial charge >= 0.3 is 6.18 Å². The molecular formula is C88H124Cl3F4N9O4. The number of ether oxygens (including phenoxy) is 4. The van der Waals surface area contributed by atoms with Crippen LogP contribution in [0, 0.1) is 19.7 Å². The molecule has 0 bridgehead atoms. The van der Waals surface area contributed by atoms with Crippen LogP contribution in [0.15, 0.2) is 153 Å². The molecule has 0 aliphatic carbocycles. The number of aromatic nitrogens is 9. The zero-order valence-corrected chi connectivity index (χ0v) is 73.0. The molecule has 0 saturated carbocycles. The highest BCUT2D eigenvalue weighted by atomic mass is 35.5. The maximum atomic E-state index is 12.4. The van der Waals surface area contributed by atoms with Crippen molar-refractivity contribution in [2.75, 3.05) is 28.4 Å². The number of methoxy groups -OCH3 is 4. The molecule has 13 nitrogen and oxygen atoms in total. The second kappa shape index (κ2) is 42.4. The smallest absolute Gasteiger partial charge is 0.433 e. The highest BCUT2D eigenvalue weighted by molar-refractivity contribution is 6.32. The molecule has 0 aromatic carbocycles. The Morgan fingerprint density at radius 3 is 1.09 bits per heavy atom. The maximum Gasteiger partial charge on any atom is 0.433 e. The highest BCUT2D eigenvalue weighted by Crippen LogP contribution is 2.34. The second-order valence-corrected chi connectivity index (χ2v) is 36.1. The van der Waals surface area contributed by atoms with E-state index >= 15 is 0 Å². The van der Waals surface area contributed by atoms with E-state index in [1.807, 2.05) is 127 Å². The standard InChI is InChI=1S/C11H17NO2.C10H12F3N.2C10H15NO.2C10H15N.C9H11Cl2N.C9H12ClN.C9H12FN/c1-11(2,3)8-6-7-9(13-4)12-10(8)14-5;1-9(2,3)7-4-5-8(14-6-7)10(11,12)13;1-10(2,3)8-5-6-9(12-4)11-7-8;1-10(2,3)8-6-5-7-11-9(8)12-4;1-8-5-6-11-9(7-8)10(2,3)4;1-8-5-6-9(11-7-8)10(2,3)4;1-9(2,3)7-4-6(10)5-12-8(7)11;1-9(2,3)7-4-5-8(10)11-6-7;1-9(2,3)8-5-4-7(10)6-11-8/h6-7H,1-5H3;4-6H,1-3H3;2*5-7H,1-4H3;2*5-7H,1-4H3;4-5H,1-3H3;2*4-6H,1-3H3. The van der Waals surface area contributed by atoms with Crippen LogP contribution in [-0.2, 0) is 54.9 Å². The molecule has 0 amide bonds. The summed E-state index contributed by atoms with van der Waals surface area (Å²) in [5, 5.41) is 1.72. The van der Waals surface area contributed by atoms with Gasteiger partial charge in [-0.05, 0) is 140 Å². The summed E-state index contributed by atoms with van der Waals surface area (Å²) in [6.45, 7) is 61.1. The van der Waals surface area contributed by atoms with Gasteiger partial charge in [-0.2, -0.15) is 18.2 Å². The van der Waals surface area contributed by atoms with Crippen LogP contribution < -0.4 is 18.9 Å². The Kier molecular flexibility index (Phi) is 38.5. The topological polar surface area (TPSA) is 153 Å². The van der Waals surface area contributed by atoms with E-state index in [1.165, 1.54) is 46.8 Å². The molecule has 0 radical (unpaired) electrons. The van der Waals surface area contributed by atoms with Crippen molar-refractivity contribution in [1.29, 1.82) is 0 Å². The molecule has 9 aromatic heterocycles. The van der Waals surface area contributed by atoms with Gasteiger partial charge in [-0.25, -0.2) is 24.3 Å². The van der Waals surface area contributed by atoms with Crippen LogP contribution in [0.2, 0.25) is 15.3 Å². The first-order valence-electron chi connectivity index (χ1n) is 35.8. The Morgan fingerprint density at radius 2 is 0.750 bits per heavy atom. The monoisotopic (exact) mass is 1550 g/mol. The first-order valence-corrected chi connectivity index (χ1v) is 36.9. The average Bonchev–Trinajstić information content (AvgIpc) is 0.709. The van der Waals surface area contributed by atoms with Gasteiger partial charge in [0.15, 0.2) is 0 Å². The van der Waals surface area contributed by atoms with Gasteiger partial charge in [-0.15, -0.1) is 0 Å². The number of nitrogens with zero attached hydrogens (tertiary/aromatic N) is 9. The highest BCUT2D eigenvalue weighted by Gasteiger charge is 2.33. The fraction of sp³-hybridized carbons (Fsp3) is 0.489. The van der Waals surface area contributed by atoms with Gasteiger partial charge < -0.3 is 18.9 Å². The van der Waals surface area contributed by atoms with Crippen molar-refractivity contribution in [1.82, 2.24) is 44.9 Å². The van der Waals surface area contributed by atoms with Gasteiger partial charge in [0, 0.05) is 100.0 Å². The van der Waals surface area contributed by atoms with Crippen LogP contribution in [0.3, 0.4) is 0 Å². The molecule has 108 heavy (non-hydrogen) atoms. The normalized spacial score (nSPS) is 11.7. The molecule has 0 unspecified atom stereocenters. The van der Waals surface area contributed by atoms with Gasteiger partial charge in [0.1, 0.15) is 21.8 Å². The van der Waals surface area contributed by atoms with Crippen molar-refractivity contribution in [3.8, 4) is 23.5 Å². The lowest BCUT2D eigenvalue weighted by Gasteiger charge is -2.21. The Balaban J connectivity index is 0.000000608. The maximum absolute atomic E-state index is 12.4. The van der Waals surface area contributed by atoms with Gasteiger partial charge in [0.05, 0.1) is 39.7 Å². The number of alkyl halides is 3. The van der Waals surface area contributed by atoms with Gasteiger partial charge in [0.2, 0.25) is 23.5 Å². The molecule has 594 valence electrons. The summed E-state index contributed by atoms with van der Waals surface area (Å²) in [5.41, 5.74) is 12.0. The number of aryl methyl sites for hydroxylation is 2. The van der Waals surface area contributed by atoms with Crippen molar-refractivity contribution < 1.29 is 36.5 Å². The third-order valence-corrected chi connectivity index (χ3v) is 16.3. The minimum atomic E-state index is -4.35. The molecule has 9 rings (SSSR count). The van der Waals surface area contributed by atoms with E-state index in [9.17, 15) is 17.6 Å². The summed E-state index contributed by atoms with van der Waals surface area (Å²) < 4.78 is 69.3. The van der Waals surface area contributed by atoms with Crippen molar-refractivity contribution in [3.05, 3.63) is 241 Å². The van der Waals surface area contributed by atoms with E-state index in [0.29, 0.717) is 33.0 Å². The van der Waals surface area contributed by atoms with E-state index in [2.05, 4.69) is 222 Å². The van der Waals surface area contributed by atoms with Crippen molar-refractivity contribution in [2.24, 2.45) is 0 Å². The second-order valence-electron chi connectivity index (χ2n) is 34.9. The Hall–Kier alpha value is -7.86. The lowest BCUT2D eigenvalue weighted by molar-refractivity contribution is -0.141. The summed E-state index contributed by atoms with van der Waals surface area (Å²) in [7, 11) is 6.49. The number of rotatable bonds is 4. The first kappa shape index (κ1) is 98.1. The molecule has 0 aliphatic rings. The Labute approximate surface area is 661 Å². The van der Waals surface area contributed by atoms with Gasteiger partial charge in [-0.3, -0.25) is 19.9 Å². The van der Waals surface area contributed by atoms with Crippen LogP contribution >= 0.6 is 34.8 Å². The quantitative estimate of drug-likeness (QED) is 0.121. The van der Waals surface area contributed by atoms with E-state index < -0.39 is 11.9 Å². The predicted octanol–water partition coefficient (Wildman–Crippen LogP) is 25.2. The minimum absolute atomic E-state index is 0.00498. The average molecular weight is 1550 g/mol. The van der Waals surface area contributed by atoms with Crippen molar-refractivity contribution >= 4 is 34.8 Å². The molecule has 0 N–H and O–H groups in total. The number of hydrogen-bond acceptors (Lipinski definition) is 13. The number of pyridine rings is 9. The van der Waals surface area contributed by atoms with Gasteiger partial charge in [0.25, 0.3) is 0 Å². The third-order valence-electron chi connectivity index (χ3n) is 15.6. The van der Waals surface area contributed by atoms with E-state index in [4.69, 9.17) is 53.8 Å². The van der Waals surface area contributed by atoms with E-state index in [-0.39, 0.29) is 54.6 Å². The molecule has 20 heteroatoms. The van der Waals surface area contributed by atoms with E-state index in [0.717, 1.165) is 51.3 Å². The molecule has 0 spiro atoms.